The van der Waals surface area contributed by atoms with E-state index in [1.807, 2.05) is 7.05 Å². The first-order chi connectivity index (χ1) is 9.28. The number of nitrogens with one attached hydrogen (secondary N) is 1. The summed E-state index contributed by atoms with van der Waals surface area (Å²) in [4.78, 5) is 8.43. The average molecular weight is 257 g/mol. The molecule has 0 saturated carbocycles. The van der Waals surface area contributed by atoms with Crippen LogP contribution in [0.3, 0.4) is 0 Å². The van der Waals surface area contributed by atoms with Gasteiger partial charge in [0.25, 0.3) is 0 Å². The van der Waals surface area contributed by atoms with E-state index in [0.717, 1.165) is 0 Å². The van der Waals surface area contributed by atoms with E-state index in [4.69, 9.17) is 4.42 Å². The van der Waals surface area contributed by atoms with E-state index < -0.39 is 0 Å². The molecule has 0 atom stereocenters. The molecule has 3 aromatic rings. The molecule has 0 aliphatic rings. The predicted octanol–water partition coefficient (Wildman–Crippen LogP) is 2.75. The summed E-state index contributed by atoms with van der Waals surface area (Å²) in [5.74, 6) is 0.286. The van der Waals surface area contributed by atoms with E-state index in [-0.39, 0.29) is 5.82 Å². The molecular weight excluding hydrogens is 245 g/mol. The van der Waals surface area contributed by atoms with Gasteiger partial charge in [-0.25, -0.2) is 9.37 Å². The van der Waals surface area contributed by atoms with Crippen LogP contribution < -0.4 is 5.32 Å². The van der Waals surface area contributed by atoms with Gasteiger partial charge in [0, 0.05) is 17.3 Å². The van der Waals surface area contributed by atoms with Crippen LogP contribution in [0.4, 0.5) is 4.39 Å². The van der Waals surface area contributed by atoms with Gasteiger partial charge in [0.1, 0.15) is 5.82 Å². The molecule has 0 saturated heterocycles. The number of hydrogen-bond acceptors (Lipinski definition) is 4. The molecule has 0 bridgehead atoms. The molecule has 5 heteroatoms. The Balaban J connectivity index is 2.08. The molecule has 1 aromatic carbocycles. The van der Waals surface area contributed by atoms with Crippen LogP contribution in [0, 0.1) is 5.82 Å². The summed E-state index contributed by atoms with van der Waals surface area (Å²) in [6, 6.07) is 8.34. The first kappa shape index (κ1) is 11.8. The normalized spacial score (nSPS) is 11.1. The summed E-state index contributed by atoms with van der Waals surface area (Å²) in [5, 5.41) is 2.96. The molecule has 0 fully saturated rings. The van der Waals surface area contributed by atoms with Crippen molar-refractivity contribution < 1.29 is 8.81 Å². The van der Waals surface area contributed by atoms with Crippen LogP contribution in [-0.2, 0) is 6.54 Å². The number of benzene rings is 1. The standard InChI is InChI=1S/C14H12FN3O/c1-16-8-13-18-14-12(19-13)6-9(7-17-14)10-4-2-3-5-11(10)15/h2-7,16H,8H2,1H3. The summed E-state index contributed by atoms with van der Waals surface area (Å²) in [7, 11) is 1.81. The lowest BCUT2D eigenvalue weighted by atomic mass is 10.1. The second-order valence-electron chi connectivity index (χ2n) is 4.16. The molecule has 0 unspecified atom stereocenters. The second-order valence-corrected chi connectivity index (χ2v) is 4.16. The molecule has 0 amide bonds. The highest BCUT2D eigenvalue weighted by Gasteiger charge is 2.10. The van der Waals surface area contributed by atoms with Gasteiger partial charge < -0.3 is 9.73 Å². The van der Waals surface area contributed by atoms with Gasteiger partial charge in [-0.15, -0.1) is 0 Å². The maximum atomic E-state index is 13.7. The van der Waals surface area contributed by atoms with Crippen molar-refractivity contribution in [1.29, 1.82) is 0 Å². The molecule has 19 heavy (non-hydrogen) atoms. The molecule has 2 aromatic heterocycles. The molecule has 0 radical (unpaired) electrons. The Labute approximate surface area is 109 Å². The zero-order valence-corrected chi connectivity index (χ0v) is 10.4. The number of hydrogen-bond donors (Lipinski definition) is 1. The first-order valence-electron chi connectivity index (χ1n) is 5.93. The van der Waals surface area contributed by atoms with Gasteiger partial charge in [-0.05, 0) is 19.2 Å². The minimum atomic E-state index is -0.279. The minimum absolute atomic E-state index is 0.279. The van der Waals surface area contributed by atoms with Gasteiger partial charge in [0.05, 0.1) is 6.54 Å². The van der Waals surface area contributed by atoms with Gasteiger partial charge in [0.15, 0.2) is 11.2 Å². The number of aromatic nitrogens is 2. The largest absolute Gasteiger partial charge is 0.438 e. The molecular formula is C14H12FN3O. The Hall–Kier alpha value is -2.27. The third kappa shape index (κ3) is 2.20. The van der Waals surface area contributed by atoms with Crippen molar-refractivity contribution in [3.63, 3.8) is 0 Å². The fourth-order valence-electron chi connectivity index (χ4n) is 1.93. The highest BCUT2D eigenvalue weighted by molar-refractivity contribution is 5.76. The number of oxazole rings is 1. The van der Waals surface area contributed by atoms with Crippen molar-refractivity contribution in [3.05, 3.63) is 48.2 Å². The molecule has 4 nitrogen and oxygen atoms in total. The van der Waals surface area contributed by atoms with Crippen LogP contribution >= 0.6 is 0 Å². The van der Waals surface area contributed by atoms with Crippen molar-refractivity contribution >= 4 is 11.2 Å². The SMILES string of the molecule is CNCc1nc2ncc(-c3ccccc3F)cc2o1. The average Bonchev–Trinajstić information content (AvgIpc) is 2.81. The zero-order valence-electron chi connectivity index (χ0n) is 10.4. The van der Waals surface area contributed by atoms with Gasteiger partial charge >= 0.3 is 0 Å². The maximum absolute atomic E-state index is 13.7. The number of nitrogens with zero attached hydrogens (tertiary/aromatic N) is 2. The van der Waals surface area contributed by atoms with Crippen LogP contribution in [0.1, 0.15) is 5.89 Å². The lowest BCUT2D eigenvalue weighted by Gasteiger charge is -2.01. The van der Waals surface area contributed by atoms with Gasteiger partial charge in [-0.1, -0.05) is 18.2 Å². The number of pyridine rings is 1. The number of fused-ring (bicyclic) bond motifs is 1. The van der Waals surface area contributed by atoms with Gasteiger partial charge in [-0.3, -0.25) is 0 Å². The molecule has 0 spiro atoms. The summed E-state index contributed by atoms with van der Waals surface area (Å²) < 4.78 is 19.3. The summed E-state index contributed by atoms with van der Waals surface area (Å²) in [6.07, 6.45) is 1.60. The third-order valence-electron chi connectivity index (χ3n) is 2.80. The van der Waals surface area contributed by atoms with Crippen LogP contribution in [-0.4, -0.2) is 17.0 Å². The fourth-order valence-corrected chi connectivity index (χ4v) is 1.93. The topological polar surface area (TPSA) is 51.0 Å². The van der Waals surface area contributed by atoms with Gasteiger partial charge in [-0.2, -0.15) is 4.98 Å². The smallest absolute Gasteiger partial charge is 0.211 e. The van der Waals surface area contributed by atoms with Gasteiger partial charge in [0.2, 0.25) is 5.89 Å². The monoisotopic (exact) mass is 257 g/mol. The predicted molar refractivity (Wildman–Crippen MR) is 70.0 cm³/mol. The number of rotatable bonds is 3. The Kier molecular flexibility index (Phi) is 2.97. The highest BCUT2D eigenvalue weighted by atomic mass is 19.1. The van der Waals surface area contributed by atoms with E-state index in [2.05, 4.69) is 15.3 Å². The zero-order chi connectivity index (χ0) is 13.2. The van der Waals surface area contributed by atoms with E-state index >= 15 is 0 Å². The number of halogens is 1. The molecule has 1 N–H and O–H groups in total. The molecule has 0 aliphatic heterocycles. The lowest BCUT2D eigenvalue weighted by Crippen LogP contribution is -2.04. The molecule has 2 heterocycles. The van der Waals surface area contributed by atoms with Crippen LogP contribution in [0.15, 0.2) is 40.9 Å². The highest BCUT2D eigenvalue weighted by Crippen LogP contribution is 2.25. The summed E-state index contributed by atoms with van der Waals surface area (Å²) in [6.45, 7) is 0.533. The lowest BCUT2D eigenvalue weighted by molar-refractivity contribution is 0.511. The minimum Gasteiger partial charge on any atom is -0.438 e. The Morgan fingerprint density at radius 3 is 2.95 bits per heavy atom. The summed E-state index contributed by atoms with van der Waals surface area (Å²) in [5.41, 5.74) is 2.28. The van der Waals surface area contributed by atoms with E-state index in [1.54, 1.807) is 30.5 Å². The van der Waals surface area contributed by atoms with Crippen molar-refractivity contribution in [2.24, 2.45) is 0 Å². The quantitative estimate of drug-likeness (QED) is 0.783. The van der Waals surface area contributed by atoms with E-state index in [0.29, 0.717) is 34.8 Å². The molecule has 3 rings (SSSR count). The van der Waals surface area contributed by atoms with Crippen molar-refractivity contribution in [1.82, 2.24) is 15.3 Å². The van der Waals surface area contributed by atoms with Crippen molar-refractivity contribution in [2.75, 3.05) is 7.05 Å². The first-order valence-corrected chi connectivity index (χ1v) is 5.93. The fraction of sp³-hybridized carbons (Fsp3) is 0.143. The molecule has 0 aliphatic carbocycles. The van der Waals surface area contributed by atoms with Crippen LogP contribution in [0.5, 0.6) is 0 Å². The van der Waals surface area contributed by atoms with Crippen LogP contribution in [0.2, 0.25) is 0 Å². The second kappa shape index (κ2) is 4.78. The summed E-state index contributed by atoms with van der Waals surface area (Å²) >= 11 is 0. The Bertz CT molecular complexity index is 724. The van der Waals surface area contributed by atoms with E-state index in [1.165, 1.54) is 6.07 Å². The Morgan fingerprint density at radius 2 is 2.16 bits per heavy atom. The third-order valence-corrected chi connectivity index (χ3v) is 2.80. The maximum Gasteiger partial charge on any atom is 0.211 e. The van der Waals surface area contributed by atoms with Crippen molar-refractivity contribution in [2.45, 2.75) is 6.54 Å². The van der Waals surface area contributed by atoms with Crippen molar-refractivity contribution in [3.8, 4) is 11.1 Å². The van der Waals surface area contributed by atoms with Crippen LogP contribution in [0.25, 0.3) is 22.4 Å². The Morgan fingerprint density at radius 1 is 1.32 bits per heavy atom. The van der Waals surface area contributed by atoms with E-state index in [9.17, 15) is 4.39 Å². The molecule has 96 valence electrons.